The summed E-state index contributed by atoms with van der Waals surface area (Å²) in [5.74, 6) is 0.109. The van der Waals surface area contributed by atoms with Crippen molar-refractivity contribution in [2.24, 2.45) is 11.8 Å². The van der Waals surface area contributed by atoms with Crippen molar-refractivity contribution in [3.05, 3.63) is 29.8 Å². The number of anilines is 1. The quantitative estimate of drug-likeness (QED) is 0.863. The summed E-state index contributed by atoms with van der Waals surface area (Å²) in [6, 6.07) is 7.03. The third-order valence-electron chi connectivity index (χ3n) is 4.03. The topological polar surface area (TPSA) is 55.4 Å². The summed E-state index contributed by atoms with van der Waals surface area (Å²) >= 11 is 0. The molecule has 0 radical (unpaired) electrons. The number of benzene rings is 1. The van der Waals surface area contributed by atoms with Crippen LogP contribution in [0.25, 0.3) is 0 Å². The summed E-state index contributed by atoms with van der Waals surface area (Å²) in [4.78, 5) is 23.5. The molecule has 4 nitrogen and oxygen atoms in total. The van der Waals surface area contributed by atoms with Crippen molar-refractivity contribution >= 4 is 17.4 Å². The summed E-state index contributed by atoms with van der Waals surface area (Å²) in [7, 11) is 0. The number of carbonyl (C=O) groups excluding carboxylic acids is 2. The van der Waals surface area contributed by atoms with Crippen LogP contribution in [-0.2, 0) is 9.53 Å². The Morgan fingerprint density at radius 3 is 2.10 bits per heavy atom. The third kappa shape index (κ3) is 2.90. The van der Waals surface area contributed by atoms with E-state index in [0.717, 1.165) is 0 Å². The molecule has 1 fully saturated rings. The molecule has 0 aromatic heterocycles. The van der Waals surface area contributed by atoms with Crippen molar-refractivity contribution in [3.63, 3.8) is 0 Å². The molecule has 0 bridgehead atoms. The predicted molar refractivity (Wildman–Crippen MR) is 77.7 cm³/mol. The predicted octanol–water partition coefficient (Wildman–Crippen LogP) is 2.89. The maximum Gasteiger partial charge on any atom is 0.221 e. The van der Waals surface area contributed by atoms with Crippen molar-refractivity contribution < 1.29 is 14.3 Å². The van der Waals surface area contributed by atoms with Gasteiger partial charge in [-0.05, 0) is 44.0 Å². The van der Waals surface area contributed by atoms with Crippen LogP contribution in [0.2, 0.25) is 0 Å². The number of carbonyl (C=O) groups is 2. The third-order valence-corrected chi connectivity index (χ3v) is 4.03. The maximum atomic E-state index is 12.6. The van der Waals surface area contributed by atoms with Crippen LogP contribution in [0.15, 0.2) is 24.3 Å². The number of rotatable bonds is 3. The van der Waals surface area contributed by atoms with Crippen molar-refractivity contribution in [2.45, 2.75) is 39.9 Å². The highest BCUT2D eigenvalue weighted by molar-refractivity contribution is 5.99. The summed E-state index contributed by atoms with van der Waals surface area (Å²) in [6.45, 7) is 7.48. The van der Waals surface area contributed by atoms with Gasteiger partial charge in [0.25, 0.3) is 0 Å². The Kier molecular flexibility index (Phi) is 4.23. The Labute approximate surface area is 119 Å². The van der Waals surface area contributed by atoms with E-state index in [4.69, 9.17) is 4.74 Å². The average molecular weight is 275 g/mol. The fourth-order valence-corrected chi connectivity index (χ4v) is 2.83. The lowest BCUT2D eigenvalue weighted by Gasteiger charge is -2.17. The highest BCUT2D eigenvalue weighted by Crippen LogP contribution is 2.34. The van der Waals surface area contributed by atoms with Gasteiger partial charge in [0.1, 0.15) is 0 Å². The first kappa shape index (κ1) is 14.7. The van der Waals surface area contributed by atoms with Crippen LogP contribution in [0.5, 0.6) is 0 Å². The molecule has 1 aromatic rings. The molecule has 1 aromatic carbocycles. The van der Waals surface area contributed by atoms with E-state index in [1.54, 1.807) is 24.3 Å². The van der Waals surface area contributed by atoms with Crippen molar-refractivity contribution in [1.29, 1.82) is 0 Å². The second-order valence-electron chi connectivity index (χ2n) is 5.55. The smallest absolute Gasteiger partial charge is 0.221 e. The fourth-order valence-electron chi connectivity index (χ4n) is 2.83. The van der Waals surface area contributed by atoms with Gasteiger partial charge in [-0.2, -0.15) is 0 Å². The van der Waals surface area contributed by atoms with Gasteiger partial charge in [0, 0.05) is 18.2 Å². The molecule has 0 spiro atoms. The van der Waals surface area contributed by atoms with E-state index in [0.29, 0.717) is 11.3 Å². The molecule has 1 aliphatic rings. The molecule has 1 aliphatic heterocycles. The van der Waals surface area contributed by atoms with Gasteiger partial charge in [-0.1, -0.05) is 6.92 Å². The van der Waals surface area contributed by atoms with E-state index in [9.17, 15) is 9.59 Å². The molecule has 20 heavy (non-hydrogen) atoms. The zero-order chi connectivity index (χ0) is 14.9. The highest BCUT2D eigenvalue weighted by atomic mass is 16.5. The minimum atomic E-state index is -0.121. The molecule has 4 unspecified atom stereocenters. The monoisotopic (exact) mass is 275 g/mol. The van der Waals surface area contributed by atoms with E-state index >= 15 is 0 Å². The van der Waals surface area contributed by atoms with Crippen LogP contribution in [0.3, 0.4) is 0 Å². The van der Waals surface area contributed by atoms with Gasteiger partial charge in [0.05, 0.1) is 18.1 Å². The zero-order valence-electron chi connectivity index (χ0n) is 12.3. The minimum absolute atomic E-state index is 0.0532. The highest BCUT2D eigenvalue weighted by Gasteiger charge is 2.41. The average Bonchev–Trinajstić information content (AvgIpc) is 2.63. The van der Waals surface area contributed by atoms with E-state index in [2.05, 4.69) is 12.2 Å². The Balaban J connectivity index is 2.15. The Morgan fingerprint density at radius 2 is 1.65 bits per heavy atom. The molecule has 2 rings (SSSR count). The zero-order valence-corrected chi connectivity index (χ0v) is 12.3. The van der Waals surface area contributed by atoms with E-state index in [1.165, 1.54) is 6.92 Å². The van der Waals surface area contributed by atoms with Crippen LogP contribution in [0.4, 0.5) is 5.69 Å². The molecule has 1 N–H and O–H groups in total. The number of ketones is 1. The lowest BCUT2D eigenvalue weighted by atomic mass is 9.83. The number of Topliss-reactive ketones (excluding diaryl/α,β-unsaturated/α-hetero) is 1. The van der Waals surface area contributed by atoms with Crippen molar-refractivity contribution in [3.8, 4) is 0 Å². The van der Waals surface area contributed by atoms with Gasteiger partial charge in [-0.15, -0.1) is 0 Å². The van der Waals surface area contributed by atoms with Gasteiger partial charge in [0.15, 0.2) is 5.78 Å². The number of hydrogen-bond donors (Lipinski definition) is 1. The molecule has 4 heteroatoms. The van der Waals surface area contributed by atoms with Crippen LogP contribution in [0, 0.1) is 11.8 Å². The minimum Gasteiger partial charge on any atom is -0.374 e. The second kappa shape index (κ2) is 5.75. The first-order chi connectivity index (χ1) is 9.40. The SMILES string of the molecule is CC(=O)Nc1ccc(C(=O)C2C(C)OC(C)C2C)cc1. The van der Waals surface area contributed by atoms with E-state index < -0.39 is 0 Å². The number of nitrogens with one attached hydrogen (secondary N) is 1. The van der Waals surface area contributed by atoms with Gasteiger partial charge in [0.2, 0.25) is 5.91 Å². The van der Waals surface area contributed by atoms with Gasteiger partial charge in [-0.25, -0.2) is 0 Å². The summed E-state index contributed by atoms with van der Waals surface area (Å²) < 4.78 is 5.73. The first-order valence-corrected chi connectivity index (χ1v) is 6.97. The Hall–Kier alpha value is -1.68. The van der Waals surface area contributed by atoms with Crippen molar-refractivity contribution in [1.82, 2.24) is 0 Å². The van der Waals surface area contributed by atoms with Gasteiger partial charge < -0.3 is 10.1 Å². The standard InChI is InChI=1S/C16H21NO3/c1-9-10(2)20-11(3)15(9)16(19)13-5-7-14(8-6-13)17-12(4)18/h5-11,15H,1-4H3,(H,17,18). The normalized spacial score (nSPS) is 29.2. The van der Waals surface area contributed by atoms with Crippen LogP contribution >= 0.6 is 0 Å². The molecule has 1 saturated heterocycles. The molecule has 1 heterocycles. The van der Waals surface area contributed by atoms with E-state index in [1.807, 2.05) is 13.8 Å². The molecule has 108 valence electrons. The van der Waals surface area contributed by atoms with Crippen LogP contribution in [-0.4, -0.2) is 23.9 Å². The molecular weight excluding hydrogens is 254 g/mol. The van der Waals surface area contributed by atoms with Gasteiger partial charge >= 0.3 is 0 Å². The number of amides is 1. The molecule has 1 amide bonds. The van der Waals surface area contributed by atoms with Crippen LogP contribution in [0.1, 0.15) is 38.1 Å². The second-order valence-corrected chi connectivity index (χ2v) is 5.55. The van der Waals surface area contributed by atoms with Crippen molar-refractivity contribution in [2.75, 3.05) is 5.32 Å². The lowest BCUT2D eigenvalue weighted by molar-refractivity contribution is -0.114. The first-order valence-electron chi connectivity index (χ1n) is 6.97. The Bertz CT molecular complexity index is 509. The molecule has 0 saturated carbocycles. The fraction of sp³-hybridized carbons (Fsp3) is 0.500. The largest absolute Gasteiger partial charge is 0.374 e. The summed E-state index contributed by atoms with van der Waals surface area (Å²) in [5, 5.41) is 2.69. The molecule has 4 atom stereocenters. The summed E-state index contributed by atoms with van der Waals surface area (Å²) in [6.07, 6.45) is 0.0557. The number of hydrogen-bond acceptors (Lipinski definition) is 3. The number of ether oxygens (including phenoxy) is 1. The molecule has 0 aliphatic carbocycles. The van der Waals surface area contributed by atoms with Crippen LogP contribution < -0.4 is 5.32 Å². The summed E-state index contributed by atoms with van der Waals surface area (Å²) in [5.41, 5.74) is 1.37. The van der Waals surface area contributed by atoms with E-state index in [-0.39, 0.29) is 35.7 Å². The molecular formula is C16H21NO3. The van der Waals surface area contributed by atoms with Gasteiger partial charge in [-0.3, -0.25) is 9.59 Å². The lowest BCUT2D eigenvalue weighted by Crippen LogP contribution is -2.26. The maximum absolute atomic E-state index is 12.6. The Morgan fingerprint density at radius 1 is 1.05 bits per heavy atom.